The van der Waals surface area contributed by atoms with Gasteiger partial charge in [-0.05, 0) is 56.1 Å². The lowest BCUT2D eigenvalue weighted by Crippen LogP contribution is -2.39. The Hall–Kier alpha value is -1.98. The summed E-state index contributed by atoms with van der Waals surface area (Å²) in [6, 6.07) is 18.3. The van der Waals surface area contributed by atoms with E-state index in [-0.39, 0.29) is 11.8 Å². The monoisotopic (exact) mass is 413 g/mol. The highest BCUT2D eigenvalue weighted by molar-refractivity contribution is 9.10. The molecule has 1 aliphatic rings. The SMILES string of the molecule is CC(=NNC(=O)C1CCN(Cc2ccc(Br)cc2)CC1)c1ccccc1. The second kappa shape index (κ2) is 9.10. The van der Waals surface area contributed by atoms with Crippen molar-refractivity contribution in [2.45, 2.75) is 26.3 Å². The first-order valence-corrected chi connectivity index (χ1v) is 9.77. The van der Waals surface area contributed by atoms with Crippen molar-refractivity contribution in [3.05, 3.63) is 70.2 Å². The third-order valence-corrected chi connectivity index (χ3v) is 5.33. The second-order valence-electron chi connectivity index (χ2n) is 6.72. The Labute approximate surface area is 163 Å². The Kier molecular flexibility index (Phi) is 6.58. The largest absolute Gasteiger partial charge is 0.299 e. The van der Waals surface area contributed by atoms with Crippen LogP contribution in [0.5, 0.6) is 0 Å². The average Bonchev–Trinajstić information content (AvgIpc) is 2.69. The van der Waals surface area contributed by atoms with Crippen molar-refractivity contribution >= 4 is 27.5 Å². The summed E-state index contributed by atoms with van der Waals surface area (Å²) in [4.78, 5) is 14.8. The summed E-state index contributed by atoms with van der Waals surface area (Å²) in [5, 5.41) is 4.26. The lowest BCUT2D eigenvalue weighted by Gasteiger charge is -2.30. The number of halogens is 1. The van der Waals surface area contributed by atoms with E-state index >= 15 is 0 Å². The van der Waals surface area contributed by atoms with Gasteiger partial charge in [-0.1, -0.05) is 58.4 Å². The molecule has 0 unspecified atom stereocenters. The van der Waals surface area contributed by atoms with Crippen molar-refractivity contribution in [2.75, 3.05) is 13.1 Å². The van der Waals surface area contributed by atoms with Gasteiger partial charge in [-0.25, -0.2) is 5.43 Å². The summed E-state index contributed by atoms with van der Waals surface area (Å²) in [5.41, 5.74) is 5.90. The lowest BCUT2D eigenvalue weighted by atomic mass is 9.96. The molecule has 0 spiro atoms. The van der Waals surface area contributed by atoms with Gasteiger partial charge < -0.3 is 0 Å². The molecule has 1 fully saturated rings. The molecule has 1 N–H and O–H groups in total. The molecule has 0 atom stereocenters. The summed E-state index contributed by atoms with van der Waals surface area (Å²) in [6.45, 7) is 4.73. The van der Waals surface area contributed by atoms with E-state index in [9.17, 15) is 4.79 Å². The summed E-state index contributed by atoms with van der Waals surface area (Å²) < 4.78 is 1.10. The molecule has 1 aliphatic heterocycles. The molecule has 4 nitrogen and oxygen atoms in total. The van der Waals surface area contributed by atoms with Crippen molar-refractivity contribution in [3.8, 4) is 0 Å². The smallest absolute Gasteiger partial charge is 0.243 e. The zero-order chi connectivity index (χ0) is 18.4. The maximum absolute atomic E-state index is 12.4. The third kappa shape index (κ3) is 5.26. The zero-order valence-corrected chi connectivity index (χ0v) is 16.6. The molecule has 1 heterocycles. The Morgan fingerprint density at radius 1 is 1.12 bits per heavy atom. The summed E-state index contributed by atoms with van der Waals surface area (Å²) in [7, 11) is 0. The highest BCUT2D eigenvalue weighted by atomic mass is 79.9. The van der Waals surface area contributed by atoms with Crippen LogP contribution < -0.4 is 5.43 Å². The molecule has 0 bridgehead atoms. The molecule has 1 amide bonds. The Balaban J connectivity index is 1.47. The number of likely N-dealkylation sites (tertiary alicyclic amines) is 1. The van der Waals surface area contributed by atoms with Gasteiger partial charge in [0.05, 0.1) is 5.71 Å². The fraction of sp³-hybridized carbons (Fsp3) is 0.333. The maximum atomic E-state index is 12.4. The molecule has 0 aromatic heterocycles. The Bertz CT molecular complexity index is 751. The maximum Gasteiger partial charge on any atom is 0.243 e. The topological polar surface area (TPSA) is 44.7 Å². The fourth-order valence-electron chi connectivity index (χ4n) is 3.18. The van der Waals surface area contributed by atoms with Gasteiger partial charge in [-0.15, -0.1) is 0 Å². The normalized spacial score (nSPS) is 16.5. The third-order valence-electron chi connectivity index (χ3n) is 4.80. The standard InChI is InChI=1S/C21H24BrN3O/c1-16(18-5-3-2-4-6-18)23-24-21(26)19-11-13-25(14-12-19)15-17-7-9-20(22)10-8-17/h2-10,19H,11-15H2,1H3,(H,24,26). The first-order chi connectivity index (χ1) is 12.6. The lowest BCUT2D eigenvalue weighted by molar-refractivity contribution is -0.126. The number of carbonyl (C=O) groups excluding carboxylic acids is 1. The van der Waals surface area contributed by atoms with Gasteiger partial charge in [0.1, 0.15) is 0 Å². The number of hydrogen-bond donors (Lipinski definition) is 1. The van der Waals surface area contributed by atoms with E-state index in [4.69, 9.17) is 0 Å². The van der Waals surface area contributed by atoms with Crippen LogP contribution in [0, 0.1) is 5.92 Å². The van der Waals surface area contributed by atoms with Gasteiger partial charge in [-0.3, -0.25) is 9.69 Å². The quantitative estimate of drug-likeness (QED) is 0.589. The van der Waals surface area contributed by atoms with E-state index < -0.39 is 0 Å². The molecule has 2 aromatic carbocycles. The predicted molar refractivity (Wildman–Crippen MR) is 109 cm³/mol. The minimum absolute atomic E-state index is 0.0311. The number of hydrogen-bond acceptors (Lipinski definition) is 3. The summed E-state index contributed by atoms with van der Waals surface area (Å²) in [5.74, 6) is 0.0760. The van der Waals surface area contributed by atoms with Gasteiger partial charge in [0.15, 0.2) is 0 Å². The molecule has 0 radical (unpaired) electrons. The number of nitrogens with zero attached hydrogens (tertiary/aromatic N) is 2. The molecular weight excluding hydrogens is 390 g/mol. The van der Waals surface area contributed by atoms with Gasteiger partial charge in [0.2, 0.25) is 5.91 Å². The van der Waals surface area contributed by atoms with Gasteiger partial charge in [0, 0.05) is 16.9 Å². The number of rotatable bonds is 5. The van der Waals surface area contributed by atoms with E-state index in [0.717, 1.165) is 48.2 Å². The zero-order valence-electron chi connectivity index (χ0n) is 15.0. The minimum Gasteiger partial charge on any atom is -0.299 e. The molecule has 5 heteroatoms. The van der Waals surface area contributed by atoms with Gasteiger partial charge in [0.25, 0.3) is 0 Å². The van der Waals surface area contributed by atoms with Crippen LogP contribution in [0.1, 0.15) is 30.9 Å². The molecule has 136 valence electrons. The number of benzene rings is 2. The predicted octanol–water partition coefficient (Wildman–Crippen LogP) is 4.20. The summed E-state index contributed by atoms with van der Waals surface area (Å²) in [6.07, 6.45) is 1.75. The van der Waals surface area contributed by atoms with E-state index in [2.05, 4.69) is 55.6 Å². The number of hydrazone groups is 1. The number of piperidine rings is 1. The first-order valence-electron chi connectivity index (χ1n) is 8.98. The van der Waals surface area contributed by atoms with Crippen LogP contribution >= 0.6 is 15.9 Å². The van der Waals surface area contributed by atoms with Crippen LogP contribution in [0.4, 0.5) is 0 Å². The van der Waals surface area contributed by atoms with Crippen LogP contribution in [0.15, 0.2) is 64.2 Å². The van der Waals surface area contributed by atoms with Crippen molar-refractivity contribution in [1.29, 1.82) is 0 Å². The molecule has 1 saturated heterocycles. The second-order valence-corrected chi connectivity index (χ2v) is 7.63. The fourth-order valence-corrected chi connectivity index (χ4v) is 3.44. The van der Waals surface area contributed by atoms with E-state index in [1.807, 2.05) is 37.3 Å². The van der Waals surface area contributed by atoms with Crippen molar-refractivity contribution in [3.63, 3.8) is 0 Å². The molecule has 0 saturated carbocycles. The van der Waals surface area contributed by atoms with E-state index in [1.165, 1.54) is 5.56 Å². The average molecular weight is 414 g/mol. The van der Waals surface area contributed by atoms with Crippen molar-refractivity contribution in [2.24, 2.45) is 11.0 Å². The van der Waals surface area contributed by atoms with Crippen LogP contribution in [-0.2, 0) is 11.3 Å². The first kappa shape index (κ1) is 18.8. The highest BCUT2D eigenvalue weighted by Gasteiger charge is 2.24. The van der Waals surface area contributed by atoms with E-state index in [0.29, 0.717) is 0 Å². The molecule has 3 rings (SSSR count). The molecule has 26 heavy (non-hydrogen) atoms. The molecule has 0 aliphatic carbocycles. The highest BCUT2D eigenvalue weighted by Crippen LogP contribution is 2.20. The van der Waals surface area contributed by atoms with Crippen molar-refractivity contribution < 1.29 is 4.79 Å². The summed E-state index contributed by atoms with van der Waals surface area (Å²) >= 11 is 3.47. The van der Waals surface area contributed by atoms with Crippen LogP contribution in [0.25, 0.3) is 0 Å². The molecular formula is C21H24BrN3O. The number of carbonyl (C=O) groups is 1. The number of amides is 1. The Morgan fingerprint density at radius 3 is 2.42 bits per heavy atom. The minimum atomic E-state index is 0.0311. The van der Waals surface area contributed by atoms with Crippen molar-refractivity contribution in [1.82, 2.24) is 10.3 Å². The van der Waals surface area contributed by atoms with Gasteiger partial charge >= 0.3 is 0 Å². The van der Waals surface area contributed by atoms with Gasteiger partial charge in [-0.2, -0.15) is 5.10 Å². The Morgan fingerprint density at radius 2 is 1.77 bits per heavy atom. The van der Waals surface area contributed by atoms with E-state index in [1.54, 1.807) is 0 Å². The number of nitrogens with one attached hydrogen (secondary N) is 1. The van der Waals surface area contributed by atoms with Crippen LogP contribution in [0.2, 0.25) is 0 Å². The molecule has 2 aromatic rings. The van der Waals surface area contributed by atoms with Crippen LogP contribution in [0.3, 0.4) is 0 Å². The van der Waals surface area contributed by atoms with Crippen LogP contribution in [-0.4, -0.2) is 29.6 Å².